The molecule has 1 aromatic carbocycles. The van der Waals surface area contributed by atoms with Crippen molar-refractivity contribution in [2.75, 3.05) is 12.4 Å². The summed E-state index contributed by atoms with van der Waals surface area (Å²) >= 11 is 0. The Hall–Kier alpha value is -2.37. The van der Waals surface area contributed by atoms with Crippen LogP contribution in [-0.2, 0) is 4.79 Å². The predicted octanol–water partition coefficient (Wildman–Crippen LogP) is 1.97. The first-order chi connectivity index (χ1) is 9.95. The molecule has 21 heavy (non-hydrogen) atoms. The van der Waals surface area contributed by atoms with Crippen molar-refractivity contribution < 1.29 is 19.5 Å². The van der Waals surface area contributed by atoms with Crippen LogP contribution in [0.1, 0.15) is 46.9 Å². The SMILES string of the molecule is CCCCC(Nc1ccc2c(c1)C(=O)N(C)C2=O)C(=O)O. The summed E-state index contributed by atoms with van der Waals surface area (Å²) in [4.78, 5) is 36.0. The first-order valence-corrected chi connectivity index (χ1v) is 6.91. The molecule has 6 nitrogen and oxygen atoms in total. The molecular formula is C15H18N2O4. The lowest BCUT2D eigenvalue weighted by Gasteiger charge is -2.15. The summed E-state index contributed by atoms with van der Waals surface area (Å²) < 4.78 is 0. The Bertz CT molecular complexity index is 597. The number of unbranched alkanes of at least 4 members (excludes halogenated alkanes) is 1. The first-order valence-electron chi connectivity index (χ1n) is 6.91. The summed E-state index contributed by atoms with van der Waals surface area (Å²) in [5, 5.41) is 12.1. The zero-order valence-electron chi connectivity index (χ0n) is 12.0. The molecule has 1 aromatic rings. The van der Waals surface area contributed by atoms with Crippen LogP contribution in [0.3, 0.4) is 0 Å². The third-order valence-corrected chi connectivity index (χ3v) is 3.58. The van der Waals surface area contributed by atoms with Gasteiger partial charge in [0.1, 0.15) is 6.04 Å². The smallest absolute Gasteiger partial charge is 0.326 e. The van der Waals surface area contributed by atoms with E-state index in [1.54, 1.807) is 18.2 Å². The Morgan fingerprint density at radius 3 is 2.57 bits per heavy atom. The number of fused-ring (bicyclic) bond motifs is 1. The molecule has 0 radical (unpaired) electrons. The van der Waals surface area contributed by atoms with Gasteiger partial charge in [-0.3, -0.25) is 14.5 Å². The minimum Gasteiger partial charge on any atom is -0.480 e. The quantitative estimate of drug-likeness (QED) is 0.782. The topological polar surface area (TPSA) is 86.7 Å². The molecule has 0 bridgehead atoms. The Kier molecular flexibility index (Phi) is 4.26. The lowest BCUT2D eigenvalue weighted by atomic mass is 10.1. The van der Waals surface area contributed by atoms with Crippen molar-refractivity contribution in [3.63, 3.8) is 0 Å². The van der Waals surface area contributed by atoms with Gasteiger partial charge in [-0.15, -0.1) is 0 Å². The summed E-state index contributed by atoms with van der Waals surface area (Å²) in [6.45, 7) is 1.99. The third-order valence-electron chi connectivity index (χ3n) is 3.58. The third kappa shape index (κ3) is 2.89. The minimum atomic E-state index is -0.927. The molecule has 112 valence electrons. The molecule has 0 saturated heterocycles. The molecule has 1 unspecified atom stereocenters. The van der Waals surface area contributed by atoms with Gasteiger partial charge in [0, 0.05) is 12.7 Å². The summed E-state index contributed by atoms with van der Waals surface area (Å²) in [5.74, 6) is -1.62. The van der Waals surface area contributed by atoms with Crippen molar-refractivity contribution in [2.24, 2.45) is 0 Å². The molecule has 2 amide bonds. The van der Waals surface area contributed by atoms with E-state index >= 15 is 0 Å². The van der Waals surface area contributed by atoms with Crippen molar-refractivity contribution in [3.05, 3.63) is 29.3 Å². The van der Waals surface area contributed by atoms with E-state index in [0.29, 0.717) is 23.2 Å². The number of nitrogens with zero attached hydrogens (tertiary/aromatic N) is 1. The summed E-state index contributed by atoms with van der Waals surface area (Å²) in [6, 6.07) is 4.03. The van der Waals surface area contributed by atoms with Crippen molar-refractivity contribution >= 4 is 23.5 Å². The van der Waals surface area contributed by atoms with Crippen molar-refractivity contribution in [2.45, 2.75) is 32.2 Å². The number of carboxylic acid groups (broad SMARTS) is 1. The fraction of sp³-hybridized carbons (Fsp3) is 0.400. The van der Waals surface area contributed by atoms with Gasteiger partial charge in [0.2, 0.25) is 0 Å². The highest BCUT2D eigenvalue weighted by atomic mass is 16.4. The summed E-state index contributed by atoms with van der Waals surface area (Å²) in [7, 11) is 1.43. The molecule has 2 N–H and O–H groups in total. The molecule has 6 heteroatoms. The van der Waals surface area contributed by atoms with Gasteiger partial charge in [0.25, 0.3) is 11.8 Å². The largest absolute Gasteiger partial charge is 0.480 e. The van der Waals surface area contributed by atoms with Crippen LogP contribution in [-0.4, -0.2) is 40.9 Å². The lowest BCUT2D eigenvalue weighted by molar-refractivity contribution is -0.138. The van der Waals surface area contributed by atoms with Gasteiger partial charge >= 0.3 is 5.97 Å². The van der Waals surface area contributed by atoms with E-state index in [1.165, 1.54) is 7.05 Å². The number of carbonyl (C=O) groups excluding carboxylic acids is 2. The molecule has 1 aliphatic rings. The molecule has 0 saturated carbocycles. The molecule has 0 spiro atoms. The second-order valence-electron chi connectivity index (χ2n) is 5.11. The first kappa shape index (κ1) is 15.0. The number of nitrogens with one attached hydrogen (secondary N) is 1. The Balaban J connectivity index is 2.21. The average Bonchev–Trinajstić information content (AvgIpc) is 2.68. The van der Waals surface area contributed by atoms with E-state index in [-0.39, 0.29) is 11.8 Å². The van der Waals surface area contributed by atoms with Crippen LogP contribution in [0.4, 0.5) is 5.69 Å². The van der Waals surface area contributed by atoms with Crippen LogP contribution in [0.25, 0.3) is 0 Å². The highest BCUT2D eigenvalue weighted by Crippen LogP contribution is 2.25. The summed E-state index contributed by atoms with van der Waals surface area (Å²) in [5.41, 5.74) is 1.20. The lowest BCUT2D eigenvalue weighted by Crippen LogP contribution is -2.29. The molecule has 1 atom stereocenters. The van der Waals surface area contributed by atoms with Gasteiger partial charge < -0.3 is 10.4 Å². The predicted molar refractivity (Wildman–Crippen MR) is 77.4 cm³/mol. The molecule has 1 heterocycles. The molecule has 0 aromatic heterocycles. The number of carboxylic acids is 1. The average molecular weight is 290 g/mol. The maximum Gasteiger partial charge on any atom is 0.326 e. The van der Waals surface area contributed by atoms with Gasteiger partial charge in [-0.25, -0.2) is 4.79 Å². The van der Waals surface area contributed by atoms with E-state index in [9.17, 15) is 19.5 Å². The second-order valence-corrected chi connectivity index (χ2v) is 5.11. The number of amides is 2. The summed E-state index contributed by atoms with van der Waals surface area (Å²) in [6.07, 6.45) is 2.22. The van der Waals surface area contributed by atoms with E-state index in [1.807, 2.05) is 6.92 Å². The minimum absolute atomic E-state index is 0.312. The standard InChI is InChI=1S/C15H18N2O4/c1-3-4-5-12(15(20)21)16-9-6-7-10-11(8-9)14(19)17(2)13(10)18/h6-8,12,16H,3-5H2,1-2H3,(H,20,21). The van der Waals surface area contributed by atoms with Crippen LogP contribution >= 0.6 is 0 Å². The van der Waals surface area contributed by atoms with Gasteiger partial charge in [-0.05, 0) is 24.6 Å². The van der Waals surface area contributed by atoms with Gasteiger partial charge in [-0.1, -0.05) is 19.8 Å². The molecular weight excluding hydrogens is 272 g/mol. The van der Waals surface area contributed by atoms with Crippen LogP contribution < -0.4 is 5.32 Å². The van der Waals surface area contributed by atoms with E-state index in [2.05, 4.69) is 5.32 Å². The number of aliphatic carboxylic acids is 1. The molecule has 1 aliphatic heterocycles. The normalized spacial score (nSPS) is 15.0. The van der Waals surface area contributed by atoms with Crippen LogP contribution in [0.2, 0.25) is 0 Å². The highest BCUT2D eigenvalue weighted by molar-refractivity contribution is 6.21. The van der Waals surface area contributed by atoms with E-state index in [4.69, 9.17) is 0 Å². The number of rotatable bonds is 6. The van der Waals surface area contributed by atoms with Gasteiger partial charge in [0.15, 0.2) is 0 Å². The highest BCUT2D eigenvalue weighted by Gasteiger charge is 2.32. The number of hydrogen-bond donors (Lipinski definition) is 2. The fourth-order valence-electron chi connectivity index (χ4n) is 2.32. The number of imide groups is 1. The molecule has 0 aliphatic carbocycles. The van der Waals surface area contributed by atoms with Crippen molar-refractivity contribution in [1.82, 2.24) is 4.90 Å². The van der Waals surface area contributed by atoms with Crippen LogP contribution in [0.15, 0.2) is 18.2 Å². The van der Waals surface area contributed by atoms with Gasteiger partial charge in [0.05, 0.1) is 11.1 Å². The number of benzene rings is 1. The maximum absolute atomic E-state index is 11.9. The van der Waals surface area contributed by atoms with Gasteiger partial charge in [-0.2, -0.15) is 0 Å². The van der Waals surface area contributed by atoms with Crippen LogP contribution in [0.5, 0.6) is 0 Å². The number of anilines is 1. The monoisotopic (exact) mass is 290 g/mol. The van der Waals surface area contributed by atoms with Crippen LogP contribution in [0, 0.1) is 0 Å². The fourth-order valence-corrected chi connectivity index (χ4v) is 2.32. The Labute approximate surface area is 122 Å². The van der Waals surface area contributed by atoms with Crippen molar-refractivity contribution in [3.8, 4) is 0 Å². The maximum atomic E-state index is 11.9. The van der Waals surface area contributed by atoms with Crippen molar-refractivity contribution in [1.29, 1.82) is 0 Å². The molecule has 2 rings (SSSR count). The zero-order valence-corrected chi connectivity index (χ0v) is 12.0. The van der Waals surface area contributed by atoms with E-state index < -0.39 is 12.0 Å². The zero-order chi connectivity index (χ0) is 15.6. The number of hydrogen-bond acceptors (Lipinski definition) is 4. The Morgan fingerprint density at radius 1 is 1.29 bits per heavy atom. The Morgan fingerprint density at radius 2 is 1.95 bits per heavy atom. The second kappa shape index (κ2) is 5.95. The molecule has 0 fully saturated rings. The number of carbonyl (C=O) groups is 3. The van der Waals surface area contributed by atoms with E-state index in [0.717, 1.165) is 17.7 Å².